The number of benzene rings is 8. The van der Waals surface area contributed by atoms with Gasteiger partial charge in [-0.2, -0.15) is 0 Å². The molecule has 6 heteroatoms. The molecule has 0 bridgehead atoms. The summed E-state index contributed by atoms with van der Waals surface area (Å²) >= 11 is 1.87. The van der Waals surface area contributed by atoms with Crippen LogP contribution in [0.1, 0.15) is 25.0 Å². The van der Waals surface area contributed by atoms with Crippen LogP contribution in [0.15, 0.2) is 174 Å². The van der Waals surface area contributed by atoms with Crippen molar-refractivity contribution in [2.45, 2.75) is 19.3 Å². The molecule has 0 saturated heterocycles. The van der Waals surface area contributed by atoms with Gasteiger partial charge in [0.1, 0.15) is 11.2 Å². The average Bonchev–Trinajstić information content (AvgIpc) is 4.03. The molecule has 8 aromatic carbocycles. The molecule has 0 aliphatic heterocycles. The van der Waals surface area contributed by atoms with Crippen LogP contribution in [0.4, 0.5) is 0 Å². The Kier molecular flexibility index (Phi) is 6.88. The van der Waals surface area contributed by atoms with Gasteiger partial charge in [0, 0.05) is 64.8 Å². The first-order valence-corrected chi connectivity index (χ1v) is 21.2. The number of rotatable bonds is 4. The number of hydrogen-bond donors (Lipinski definition) is 0. The zero-order valence-corrected chi connectivity index (χ0v) is 33.6. The van der Waals surface area contributed by atoms with Crippen molar-refractivity contribution in [3.8, 4) is 51.0 Å². The summed E-state index contributed by atoms with van der Waals surface area (Å²) in [6, 6.07) is 60.4. The van der Waals surface area contributed by atoms with Gasteiger partial charge in [0.05, 0.1) is 15.7 Å². The van der Waals surface area contributed by atoms with Crippen LogP contribution >= 0.6 is 11.3 Å². The van der Waals surface area contributed by atoms with Gasteiger partial charge in [-0.1, -0.05) is 141 Å². The Balaban J connectivity index is 1.08. The zero-order valence-electron chi connectivity index (χ0n) is 32.8. The van der Waals surface area contributed by atoms with E-state index < -0.39 is 0 Å². The Hall–Kier alpha value is -7.41. The highest BCUT2D eigenvalue weighted by molar-refractivity contribution is 7.26. The lowest BCUT2D eigenvalue weighted by molar-refractivity contribution is 0.661. The number of furan rings is 1. The first kappa shape index (κ1) is 33.6. The molecule has 0 N–H and O–H groups in total. The second kappa shape index (κ2) is 12.3. The molecular weight excluding hydrogens is 753 g/mol. The average molecular weight is 787 g/mol. The van der Waals surface area contributed by atoms with Crippen molar-refractivity contribution in [2.75, 3.05) is 0 Å². The fraction of sp³-hybridized carbons (Fsp3) is 0.0556. The molecule has 0 amide bonds. The van der Waals surface area contributed by atoms with Crippen molar-refractivity contribution in [1.29, 1.82) is 0 Å². The van der Waals surface area contributed by atoms with Crippen molar-refractivity contribution < 1.29 is 4.42 Å². The maximum absolute atomic E-state index is 6.31. The molecule has 0 radical (unpaired) electrons. The number of nitrogens with zero attached hydrogens (tertiary/aromatic N) is 4. The van der Waals surface area contributed by atoms with E-state index in [9.17, 15) is 0 Å². The smallest absolute Gasteiger partial charge is 0.164 e. The monoisotopic (exact) mass is 786 g/mol. The number of aromatic nitrogens is 4. The molecule has 4 heterocycles. The van der Waals surface area contributed by atoms with Crippen LogP contribution in [0, 0.1) is 0 Å². The van der Waals surface area contributed by atoms with Crippen LogP contribution < -0.4 is 0 Å². The Labute approximate surface area is 348 Å². The Morgan fingerprint density at radius 2 is 1.17 bits per heavy atom. The van der Waals surface area contributed by atoms with Crippen LogP contribution in [-0.4, -0.2) is 19.5 Å². The van der Waals surface area contributed by atoms with Crippen molar-refractivity contribution in [3.05, 3.63) is 181 Å². The lowest BCUT2D eigenvalue weighted by Gasteiger charge is -2.21. The first-order valence-electron chi connectivity index (χ1n) is 20.4. The van der Waals surface area contributed by atoms with E-state index in [1.807, 2.05) is 59.9 Å². The maximum Gasteiger partial charge on any atom is 0.164 e. The Morgan fingerprint density at radius 1 is 0.483 bits per heavy atom. The van der Waals surface area contributed by atoms with Gasteiger partial charge in [0.15, 0.2) is 17.5 Å². The van der Waals surface area contributed by atoms with E-state index in [1.54, 1.807) is 0 Å². The van der Waals surface area contributed by atoms with E-state index in [0.717, 1.165) is 44.3 Å². The summed E-state index contributed by atoms with van der Waals surface area (Å²) in [5.41, 5.74) is 13.0. The summed E-state index contributed by atoms with van der Waals surface area (Å²) < 4.78 is 11.4. The molecule has 5 nitrogen and oxygen atoms in total. The molecule has 0 unspecified atom stereocenters. The Bertz CT molecular complexity index is 3760. The van der Waals surface area contributed by atoms with Gasteiger partial charge in [0.25, 0.3) is 0 Å². The first-order chi connectivity index (χ1) is 29.5. The summed E-state index contributed by atoms with van der Waals surface area (Å²) in [4.78, 5) is 15.6. The summed E-state index contributed by atoms with van der Waals surface area (Å²) in [6.45, 7) is 4.72. The van der Waals surface area contributed by atoms with Gasteiger partial charge in [-0.3, -0.25) is 0 Å². The topological polar surface area (TPSA) is 56.7 Å². The lowest BCUT2D eigenvalue weighted by Crippen LogP contribution is -2.14. The van der Waals surface area contributed by atoms with E-state index >= 15 is 0 Å². The summed E-state index contributed by atoms with van der Waals surface area (Å²) in [6.07, 6.45) is 0. The summed E-state index contributed by atoms with van der Waals surface area (Å²) in [5, 5.41) is 7.08. The molecular formula is C54H34N4OS. The van der Waals surface area contributed by atoms with Crippen molar-refractivity contribution in [1.82, 2.24) is 19.5 Å². The largest absolute Gasteiger partial charge is 0.456 e. The molecule has 282 valence electrons. The van der Waals surface area contributed by atoms with E-state index in [0.29, 0.717) is 17.5 Å². The van der Waals surface area contributed by atoms with Crippen LogP contribution in [0.5, 0.6) is 0 Å². The van der Waals surface area contributed by atoms with Gasteiger partial charge >= 0.3 is 0 Å². The SMILES string of the molecule is CC1(C)c2ccccc2-c2cc3c4ccc5c6ccccc6sc5c4n(-c4cccc(-c5nc(-c6ccccc6)nc(-c6cccc7oc8ccccc8c67)n5)c4)c3cc21. The van der Waals surface area contributed by atoms with E-state index in [4.69, 9.17) is 19.4 Å². The number of thiophene rings is 1. The van der Waals surface area contributed by atoms with Gasteiger partial charge in [-0.05, 0) is 64.7 Å². The quantitative estimate of drug-likeness (QED) is 0.178. The minimum atomic E-state index is -0.144. The van der Waals surface area contributed by atoms with Crippen LogP contribution in [0.25, 0.3) is 115 Å². The molecule has 0 spiro atoms. The predicted octanol–water partition coefficient (Wildman–Crippen LogP) is 14.5. The Morgan fingerprint density at radius 3 is 2.07 bits per heavy atom. The maximum atomic E-state index is 6.31. The number of hydrogen-bond acceptors (Lipinski definition) is 5. The summed E-state index contributed by atoms with van der Waals surface area (Å²) in [7, 11) is 0. The fourth-order valence-electron chi connectivity index (χ4n) is 9.83. The fourth-order valence-corrected chi connectivity index (χ4v) is 11.1. The number of fused-ring (bicyclic) bond motifs is 13. The highest BCUT2D eigenvalue weighted by Gasteiger charge is 2.36. The lowest BCUT2D eigenvalue weighted by atomic mass is 9.82. The zero-order chi connectivity index (χ0) is 39.7. The van der Waals surface area contributed by atoms with Gasteiger partial charge in [0.2, 0.25) is 0 Å². The van der Waals surface area contributed by atoms with Crippen molar-refractivity contribution >= 4 is 75.3 Å². The van der Waals surface area contributed by atoms with E-state index in [1.165, 1.54) is 64.2 Å². The van der Waals surface area contributed by atoms with E-state index in [-0.39, 0.29) is 5.41 Å². The van der Waals surface area contributed by atoms with Gasteiger partial charge in [-0.15, -0.1) is 11.3 Å². The molecule has 0 atom stereocenters. The molecule has 1 aliphatic carbocycles. The second-order valence-corrected chi connectivity index (χ2v) is 17.4. The van der Waals surface area contributed by atoms with Gasteiger partial charge < -0.3 is 8.98 Å². The van der Waals surface area contributed by atoms with Crippen LogP contribution in [0.2, 0.25) is 0 Å². The summed E-state index contributed by atoms with van der Waals surface area (Å²) in [5.74, 6) is 1.82. The highest BCUT2D eigenvalue weighted by atomic mass is 32.1. The van der Waals surface area contributed by atoms with Crippen LogP contribution in [0.3, 0.4) is 0 Å². The van der Waals surface area contributed by atoms with E-state index in [2.05, 4.69) is 140 Å². The molecule has 12 aromatic rings. The minimum absolute atomic E-state index is 0.144. The molecule has 1 aliphatic rings. The molecule has 4 aromatic heterocycles. The molecule has 0 saturated carbocycles. The minimum Gasteiger partial charge on any atom is -0.456 e. The highest BCUT2D eigenvalue weighted by Crippen LogP contribution is 2.52. The predicted molar refractivity (Wildman–Crippen MR) is 248 cm³/mol. The second-order valence-electron chi connectivity index (χ2n) is 16.4. The third-order valence-corrected chi connectivity index (χ3v) is 13.8. The number of para-hydroxylation sites is 1. The standard InChI is InChI=1S/C54H34N4OS/c1-54(2)42-22-9-6-18-34(42)40-29-41-36-26-27-37-35-19-8-11-25-47(35)60-50(37)49(36)58(44(41)30-43(40)54)33-17-12-16-32(28-33)52-55-51(31-14-4-3-5-15-31)56-53(57-52)39-21-13-24-46-48(39)38-20-7-10-23-45(38)59-46/h3-30H,1-2H3. The molecule has 60 heavy (non-hydrogen) atoms. The van der Waals surface area contributed by atoms with Gasteiger partial charge in [-0.25, -0.2) is 15.0 Å². The normalized spacial score (nSPS) is 13.3. The molecule has 13 rings (SSSR count). The third-order valence-electron chi connectivity index (χ3n) is 12.6. The van der Waals surface area contributed by atoms with Crippen molar-refractivity contribution in [2.24, 2.45) is 0 Å². The van der Waals surface area contributed by atoms with Crippen LogP contribution in [-0.2, 0) is 5.41 Å². The third kappa shape index (κ3) is 4.71. The van der Waals surface area contributed by atoms with Crippen molar-refractivity contribution in [3.63, 3.8) is 0 Å². The molecule has 0 fully saturated rings.